The summed E-state index contributed by atoms with van der Waals surface area (Å²) in [5, 5.41) is 1.85. The fourth-order valence-electron chi connectivity index (χ4n) is 3.66. The van der Waals surface area contributed by atoms with Gasteiger partial charge in [-0.2, -0.15) is 0 Å². The van der Waals surface area contributed by atoms with Gasteiger partial charge in [-0.25, -0.2) is 0 Å². The number of carbonyl (C=O) groups is 1. The molecule has 0 spiro atoms. The molecule has 4 rings (SSSR count). The minimum absolute atomic E-state index is 0.406. The van der Waals surface area contributed by atoms with Crippen LogP contribution in [-0.2, 0) is 6.54 Å². The fraction of sp³-hybridized carbons (Fsp3) is 0.208. The number of benzene rings is 3. The van der Waals surface area contributed by atoms with Crippen LogP contribution < -0.4 is 5.73 Å². The minimum atomic E-state index is -0.406. The largest absolute Gasteiger partial charge is 0.366 e. The summed E-state index contributed by atoms with van der Waals surface area (Å²) in [7, 11) is 0. The van der Waals surface area contributed by atoms with Crippen LogP contribution in [0.2, 0.25) is 0 Å². The molecule has 0 aliphatic heterocycles. The van der Waals surface area contributed by atoms with Gasteiger partial charge >= 0.3 is 0 Å². The highest BCUT2D eigenvalue weighted by Gasteiger charge is 2.17. The van der Waals surface area contributed by atoms with E-state index in [1.807, 2.05) is 12.1 Å². The van der Waals surface area contributed by atoms with E-state index in [0.717, 1.165) is 28.4 Å². The highest BCUT2D eigenvalue weighted by atomic mass is 16.1. The molecule has 1 heterocycles. The third-order valence-electron chi connectivity index (χ3n) is 5.21. The van der Waals surface area contributed by atoms with Gasteiger partial charge in [0.05, 0.1) is 11.0 Å². The third-order valence-corrected chi connectivity index (χ3v) is 5.21. The number of primary amides is 1. The number of rotatable bonds is 4. The summed E-state index contributed by atoms with van der Waals surface area (Å²) >= 11 is 0. The molecule has 1 aromatic heterocycles. The zero-order valence-electron chi connectivity index (χ0n) is 15.9. The van der Waals surface area contributed by atoms with Crippen LogP contribution in [0.1, 0.15) is 46.8 Å². The van der Waals surface area contributed by atoms with Crippen molar-refractivity contribution >= 4 is 27.7 Å². The average Bonchev–Trinajstić information content (AvgIpc) is 2.96. The number of aromatic nitrogens is 1. The van der Waals surface area contributed by atoms with Gasteiger partial charge in [0.15, 0.2) is 0 Å². The van der Waals surface area contributed by atoms with Crippen molar-refractivity contribution in [1.29, 1.82) is 0 Å². The first kappa shape index (κ1) is 17.3. The molecule has 0 unspecified atom stereocenters. The number of nitrogens with zero attached hydrogens (tertiary/aromatic N) is 1. The molecule has 135 valence electrons. The highest BCUT2D eigenvalue weighted by Crippen LogP contribution is 2.33. The Morgan fingerprint density at radius 3 is 2.52 bits per heavy atom. The van der Waals surface area contributed by atoms with Crippen LogP contribution in [-0.4, -0.2) is 10.5 Å². The molecule has 0 aliphatic rings. The number of hydrogen-bond donors (Lipinski definition) is 1. The second-order valence-corrected chi connectivity index (χ2v) is 7.48. The van der Waals surface area contributed by atoms with Crippen molar-refractivity contribution in [1.82, 2.24) is 4.57 Å². The summed E-state index contributed by atoms with van der Waals surface area (Å²) in [6.45, 7) is 7.18. The van der Waals surface area contributed by atoms with E-state index in [2.05, 4.69) is 67.8 Å². The molecule has 1 amide bonds. The lowest BCUT2D eigenvalue weighted by atomic mass is 10.00. The molecule has 3 heteroatoms. The summed E-state index contributed by atoms with van der Waals surface area (Å²) in [6, 6.07) is 22.0. The smallest absolute Gasteiger partial charge is 0.249 e. The Morgan fingerprint density at radius 2 is 1.85 bits per heavy atom. The average molecular weight is 355 g/mol. The zero-order chi connectivity index (χ0) is 19.1. The van der Waals surface area contributed by atoms with Crippen molar-refractivity contribution in [2.24, 2.45) is 5.73 Å². The third kappa shape index (κ3) is 2.99. The normalized spacial score (nSPS) is 11.6. The number of fused-ring (bicyclic) bond motifs is 3. The lowest BCUT2D eigenvalue weighted by molar-refractivity contribution is 0.100. The van der Waals surface area contributed by atoms with Crippen LogP contribution in [0.4, 0.5) is 0 Å². The van der Waals surface area contributed by atoms with Crippen LogP contribution >= 0.6 is 0 Å². The number of hydrogen-bond acceptors (Lipinski definition) is 1. The van der Waals surface area contributed by atoms with E-state index in [-0.39, 0.29) is 0 Å². The molecule has 1 radical (unpaired) electrons. The molecule has 4 aromatic rings. The number of nitrogens with two attached hydrogens (primary N) is 1. The standard InChI is InChI=1S/C24H23N2O/c1-15(2)18-11-12-19-22(13-18)26(14-17-9-7-16(3)8-10-17)21-6-4-5-20(23(19)21)24(25)27/h4-11,13,15H,14H2,1-3H3,(H2,25,27). The Balaban J connectivity index is 2.03. The van der Waals surface area contributed by atoms with Crippen LogP contribution in [0.5, 0.6) is 0 Å². The quantitative estimate of drug-likeness (QED) is 0.539. The van der Waals surface area contributed by atoms with Crippen LogP contribution in [0, 0.1) is 13.0 Å². The Bertz CT molecular complexity index is 1150. The molecule has 3 aromatic carbocycles. The van der Waals surface area contributed by atoms with Gasteiger partial charge in [0.1, 0.15) is 0 Å². The van der Waals surface area contributed by atoms with Gasteiger partial charge in [0.25, 0.3) is 0 Å². The van der Waals surface area contributed by atoms with Crippen molar-refractivity contribution in [3.63, 3.8) is 0 Å². The maximum atomic E-state index is 12.0. The van der Waals surface area contributed by atoms with Crippen LogP contribution in [0.15, 0.2) is 54.6 Å². The molecule has 0 fully saturated rings. The summed E-state index contributed by atoms with van der Waals surface area (Å²) < 4.78 is 2.27. The molecule has 0 saturated carbocycles. The van der Waals surface area contributed by atoms with Gasteiger partial charge in [-0.1, -0.05) is 55.8 Å². The SMILES string of the molecule is Cc1ccc(Cn2c3cc(C(C)C)c[c]c3c3c(C(N)=O)cccc32)cc1. The molecule has 0 saturated heterocycles. The first-order valence-corrected chi connectivity index (χ1v) is 9.27. The van der Waals surface area contributed by atoms with E-state index < -0.39 is 5.91 Å². The van der Waals surface area contributed by atoms with Crippen molar-refractivity contribution in [2.45, 2.75) is 33.2 Å². The summed E-state index contributed by atoms with van der Waals surface area (Å²) in [4.78, 5) is 12.0. The van der Waals surface area contributed by atoms with Crippen molar-refractivity contribution in [2.75, 3.05) is 0 Å². The van der Waals surface area contributed by atoms with E-state index in [4.69, 9.17) is 5.73 Å². The van der Waals surface area contributed by atoms with Crippen molar-refractivity contribution in [3.8, 4) is 0 Å². The predicted octanol–water partition coefficient (Wildman–Crippen LogP) is 5.17. The number of aryl methyl sites for hydroxylation is 1. The molecular formula is C24H23N2O. The number of carbonyl (C=O) groups excluding carboxylic acids is 1. The predicted molar refractivity (Wildman–Crippen MR) is 111 cm³/mol. The first-order chi connectivity index (χ1) is 13.0. The lowest BCUT2D eigenvalue weighted by Crippen LogP contribution is -2.11. The van der Waals surface area contributed by atoms with E-state index >= 15 is 0 Å². The summed E-state index contributed by atoms with van der Waals surface area (Å²) in [5.74, 6) is 0.00317. The second-order valence-electron chi connectivity index (χ2n) is 7.48. The van der Waals surface area contributed by atoms with Crippen LogP contribution in [0.3, 0.4) is 0 Å². The first-order valence-electron chi connectivity index (χ1n) is 9.27. The summed E-state index contributed by atoms with van der Waals surface area (Å²) in [6.07, 6.45) is 0. The molecule has 27 heavy (non-hydrogen) atoms. The topological polar surface area (TPSA) is 48.0 Å². The Labute approximate surface area is 159 Å². The van der Waals surface area contributed by atoms with Gasteiger partial charge < -0.3 is 10.3 Å². The van der Waals surface area contributed by atoms with Gasteiger partial charge in [0, 0.05) is 22.9 Å². The van der Waals surface area contributed by atoms with Gasteiger partial charge in [0.2, 0.25) is 5.91 Å². The molecule has 3 nitrogen and oxygen atoms in total. The maximum Gasteiger partial charge on any atom is 0.249 e. The highest BCUT2D eigenvalue weighted by molar-refractivity contribution is 6.17. The van der Waals surface area contributed by atoms with Gasteiger partial charge in [-0.15, -0.1) is 0 Å². The van der Waals surface area contributed by atoms with E-state index in [1.165, 1.54) is 16.7 Å². The van der Waals surface area contributed by atoms with Crippen molar-refractivity contribution in [3.05, 3.63) is 82.9 Å². The number of amides is 1. The monoisotopic (exact) mass is 355 g/mol. The van der Waals surface area contributed by atoms with Gasteiger partial charge in [-0.05, 0) is 48.2 Å². The summed E-state index contributed by atoms with van der Waals surface area (Å²) in [5.41, 5.74) is 12.0. The Kier molecular flexibility index (Phi) is 4.23. The zero-order valence-corrected chi connectivity index (χ0v) is 15.9. The maximum absolute atomic E-state index is 12.0. The van der Waals surface area contributed by atoms with E-state index in [0.29, 0.717) is 11.5 Å². The van der Waals surface area contributed by atoms with Crippen LogP contribution in [0.25, 0.3) is 21.8 Å². The molecule has 2 N–H and O–H groups in total. The van der Waals surface area contributed by atoms with Crippen molar-refractivity contribution < 1.29 is 4.79 Å². The molecule has 0 atom stereocenters. The van der Waals surface area contributed by atoms with E-state index in [9.17, 15) is 4.79 Å². The second kappa shape index (κ2) is 6.58. The van der Waals surface area contributed by atoms with Gasteiger partial charge in [-0.3, -0.25) is 4.79 Å². The molecule has 0 bridgehead atoms. The van der Waals surface area contributed by atoms with E-state index in [1.54, 1.807) is 6.07 Å². The molecular weight excluding hydrogens is 332 g/mol. The lowest BCUT2D eigenvalue weighted by Gasteiger charge is -2.10. The Morgan fingerprint density at radius 1 is 1.11 bits per heavy atom. The Hall–Kier alpha value is -3.07. The fourth-order valence-corrected chi connectivity index (χ4v) is 3.66. The molecule has 0 aliphatic carbocycles. The minimum Gasteiger partial charge on any atom is -0.366 e.